The van der Waals surface area contributed by atoms with Crippen molar-refractivity contribution in [1.29, 1.82) is 0 Å². The second-order valence-corrected chi connectivity index (χ2v) is 1.88. The van der Waals surface area contributed by atoms with E-state index in [1.165, 1.54) is 0 Å². The summed E-state index contributed by atoms with van der Waals surface area (Å²) in [5.74, 6) is -1.34. The number of carbonyl (C=O) groups is 1. The summed E-state index contributed by atoms with van der Waals surface area (Å²) in [5, 5.41) is 10.0. The van der Waals surface area contributed by atoms with E-state index in [-0.39, 0.29) is 5.92 Å². The third-order valence-electron chi connectivity index (χ3n) is 1.26. The van der Waals surface area contributed by atoms with Gasteiger partial charge >= 0.3 is 5.97 Å². The maximum absolute atomic E-state index is 10.0. The second-order valence-electron chi connectivity index (χ2n) is 1.88. The fourth-order valence-electron chi connectivity index (χ4n) is 0.720. The van der Waals surface area contributed by atoms with Crippen LogP contribution in [0, 0.1) is 5.92 Å². The van der Waals surface area contributed by atoms with Crippen molar-refractivity contribution < 1.29 is 14.6 Å². The first kappa shape index (κ1) is 5.56. The third-order valence-corrected chi connectivity index (χ3v) is 1.26. The van der Waals surface area contributed by atoms with E-state index in [0.717, 1.165) is 0 Å². The summed E-state index contributed by atoms with van der Waals surface area (Å²) in [4.78, 5) is 10.0. The largest absolute Gasteiger partial charge is 0.381 e. The van der Waals surface area contributed by atoms with Gasteiger partial charge in [0.25, 0.3) is 0 Å². The zero-order chi connectivity index (χ0) is 5.98. The summed E-state index contributed by atoms with van der Waals surface area (Å²) in [6.45, 7) is 0.904. The first-order valence-electron chi connectivity index (χ1n) is 2.59. The molecule has 1 saturated heterocycles. The maximum Gasteiger partial charge on any atom is 0.361 e. The molecule has 0 aromatic heterocycles. The van der Waals surface area contributed by atoms with Crippen molar-refractivity contribution in [2.24, 2.45) is 5.92 Å². The number of ether oxygens (including phenoxy) is 1. The Bertz CT molecular complexity index is 93.8. The predicted octanol–water partition coefficient (Wildman–Crippen LogP) is -0.0200. The molecule has 0 N–H and O–H groups in total. The zero-order valence-corrected chi connectivity index (χ0v) is 4.42. The average Bonchev–Trinajstić information content (AvgIpc) is 2.12. The Hall–Kier alpha value is -0.570. The average molecular weight is 115 g/mol. The molecule has 45 valence electrons. The van der Waals surface area contributed by atoms with Gasteiger partial charge in [-0.15, -0.1) is 0 Å². The lowest BCUT2D eigenvalue weighted by Crippen LogP contribution is -2.10. The van der Waals surface area contributed by atoms with Crippen LogP contribution in [0.3, 0.4) is 0 Å². The first-order valence-corrected chi connectivity index (χ1v) is 2.59. The SMILES string of the molecule is [O]C(=O)C1CCOC1. The normalized spacial score (nSPS) is 28.2. The number of carbonyl (C=O) groups excluding carboxylic acids is 1. The minimum absolute atomic E-state index is 0.336. The van der Waals surface area contributed by atoms with Crippen LogP contribution in [0.1, 0.15) is 6.42 Å². The van der Waals surface area contributed by atoms with Crippen molar-refractivity contribution in [3.05, 3.63) is 0 Å². The van der Waals surface area contributed by atoms with Crippen molar-refractivity contribution in [3.63, 3.8) is 0 Å². The van der Waals surface area contributed by atoms with Gasteiger partial charge in [-0.2, -0.15) is 0 Å². The molecule has 3 heteroatoms. The van der Waals surface area contributed by atoms with Crippen LogP contribution >= 0.6 is 0 Å². The van der Waals surface area contributed by atoms with E-state index in [4.69, 9.17) is 4.74 Å². The molecule has 1 atom stereocenters. The van der Waals surface area contributed by atoms with Crippen LogP contribution in [0.2, 0.25) is 0 Å². The van der Waals surface area contributed by atoms with E-state index >= 15 is 0 Å². The molecule has 0 amide bonds. The molecule has 1 heterocycles. The molecule has 0 aliphatic carbocycles. The van der Waals surface area contributed by atoms with Gasteiger partial charge in [0.1, 0.15) is 0 Å². The number of rotatable bonds is 1. The Balaban J connectivity index is 2.35. The lowest BCUT2D eigenvalue weighted by Gasteiger charge is -1.92. The van der Waals surface area contributed by atoms with Crippen LogP contribution in [-0.4, -0.2) is 19.2 Å². The van der Waals surface area contributed by atoms with Gasteiger partial charge in [-0.1, -0.05) is 0 Å². The third kappa shape index (κ3) is 0.980. The fourth-order valence-corrected chi connectivity index (χ4v) is 0.720. The molecule has 1 unspecified atom stereocenters. The van der Waals surface area contributed by atoms with Gasteiger partial charge in [-0.05, 0) is 6.42 Å². The van der Waals surface area contributed by atoms with Crippen molar-refractivity contribution in [2.75, 3.05) is 13.2 Å². The Labute approximate surface area is 47.3 Å². The topological polar surface area (TPSA) is 46.2 Å². The molecule has 3 nitrogen and oxygen atoms in total. The van der Waals surface area contributed by atoms with Crippen LogP contribution in [0.15, 0.2) is 0 Å². The summed E-state index contributed by atoms with van der Waals surface area (Å²) >= 11 is 0. The van der Waals surface area contributed by atoms with Gasteiger partial charge < -0.3 is 4.74 Å². The number of hydrogen-bond donors (Lipinski definition) is 0. The van der Waals surface area contributed by atoms with Crippen molar-refractivity contribution in [2.45, 2.75) is 6.42 Å². The highest BCUT2D eigenvalue weighted by molar-refractivity contribution is 5.69. The van der Waals surface area contributed by atoms with Gasteiger partial charge in [0.15, 0.2) is 0 Å². The van der Waals surface area contributed by atoms with Crippen LogP contribution in [0.5, 0.6) is 0 Å². The minimum atomic E-state index is -0.984. The van der Waals surface area contributed by atoms with Crippen molar-refractivity contribution >= 4 is 5.97 Å². The van der Waals surface area contributed by atoms with E-state index in [0.29, 0.717) is 19.6 Å². The molecule has 0 bridgehead atoms. The molecule has 8 heavy (non-hydrogen) atoms. The summed E-state index contributed by atoms with van der Waals surface area (Å²) in [7, 11) is 0. The highest BCUT2D eigenvalue weighted by Crippen LogP contribution is 2.11. The van der Waals surface area contributed by atoms with E-state index < -0.39 is 5.97 Å². The Morgan fingerprint density at radius 2 is 2.38 bits per heavy atom. The molecule has 1 aliphatic heterocycles. The Morgan fingerprint density at radius 1 is 1.62 bits per heavy atom. The first-order chi connectivity index (χ1) is 3.80. The molecule has 0 aromatic carbocycles. The van der Waals surface area contributed by atoms with E-state index in [1.807, 2.05) is 0 Å². The molecule has 0 aromatic rings. The van der Waals surface area contributed by atoms with Crippen LogP contribution < -0.4 is 0 Å². The summed E-state index contributed by atoms with van der Waals surface area (Å²) in [6.07, 6.45) is 0.613. The highest BCUT2D eigenvalue weighted by atomic mass is 16.5. The quantitative estimate of drug-likeness (QED) is 0.482. The lowest BCUT2D eigenvalue weighted by atomic mass is 10.1. The van der Waals surface area contributed by atoms with Gasteiger partial charge in [0.05, 0.1) is 12.5 Å². The van der Waals surface area contributed by atoms with E-state index in [9.17, 15) is 9.90 Å². The fraction of sp³-hybridized carbons (Fsp3) is 0.800. The molecule has 1 radical (unpaired) electrons. The van der Waals surface area contributed by atoms with Crippen LogP contribution in [-0.2, 0) is 14.6 Å². The lowest BCUT2D eigenvalue weighted by molar-refractivity contribution is -0.147. The van der Waals surface area contributed by atoms with Gasteiger partial charge in [0, 0.05) is 6.61 Å². The zero-order valence-electron chi connectivity index (χ0n) is 4.42. The number of hydrogen-bond acceptors (Lipinski definition) is 2. The minimum Gasteiger partial charge on any atom is -0.381 e. The molecule has 0 spiro atoms. The summed E-state index contributed by atoms with van der Waals surface area (Å²) < 4.78 is 4.80. The molecule has 1 rings (SSSR count). The maximum atomic E-state index is 10.0. The van der Waals surface area contributed by atoms with Gasteiger partial charge in [0.2, 0.25) is 0 Å². The van der Waals surface area contributed by atoms with Crippen molar-refractivity contribution in [3.8, 4) is 0 Å². The summed E-state index contributed by atoms with van der Waals surface area (Å²) in [6, 6.07) is 0. The smallest absolute Gasteiger partial charge is 0.361 e. The van der Waals surface area contributed by atoms with Crippen LogP contribution in [0.25, 0.3) is 0 Å². The highest BCUT2D eigenvalue weighted by Gasteiger charge is 2.23. The molecule has 1 fully saturated rings. The predicted molar refractivity (Wildman–Crippen MR) is 24.6 cm³/mol. The molecular weight excluding hydrogens is 108 g/mol. The van der Waals surface area contributed by atoms with E-state index in [2.05, 4.69) is 0 Å². The molecule has 1 aliphatic rings. The van der Waals surface area contributed by atoms with E-state index in [1.54, 1.807) is 0 Å². The van der Waals surface area contributed by atoms with Crippen LogP contribution in [0.4, 0.5) is 0 Å². The molecular formula is C5H7O3. The summed E-state index contributed by atoms with van der Waals surface area (Å²) in [5.41, 5.74) is 0. The van der Waals surface area contributed by atoms with Crippen molar-refractivity contribution in [1.82, 2.24) is 0 Å². The van der Waals surface area contributed by atoms with Gasteiger partial charge in [-0.25, -0.2) is 9.90 Å². The second kappa shape index (κ2) is 2.13. The Morgan fingerprint density at radius 3 is 2.62 bits per heavy atom. The van der Waals surface area contributed by atoms with Gasteiger partial charge in [-0.3, -0.25) is 0 Å². The standard InChI is InChI=1S/C5H7O3/c6-5(7)4-1-2-8-3-4/h4H,1-3H2. The monoisotopic (exact) mass is 115 g/mol. The Kier molecular flexibility index (Phi) is 1.48. The molecule has 0 saturated carbocycles.